The number of rotatable bonds is 5. The van der Waals surface area contributed by atoms with Gasteiger partial charge in [-0.2, -0.15) is 5.10 Å². The predicted molar refractivity (Wildman–Crippen MR) is 93.6 cm³/mol. The van der Waals surface area contributed by atoms with Gasteiger partial charge in [-0.15, -0.1) is 0 Å². The molecule has 1 aliphatic heterocycles. The molecule has 24 heavy (non-hydrogen) atoms. The topological polar surface area (TPSA) is 56.9 Å². The highest BCUT2D eigenvalue weighted by molar-refractivity contribution is 5.08. The number of hydrogen-bond acceptors (Lipinski definition) is 4. The van der Waals surface area contributed by atoms with Crippen LogP contribution < -0.4 is 5.32 Å². The molecule has 0 aromatic carbocycles. The Bertz CT molecular complexity index is 648. The molecule has 2 aromatic rings. The molecular formula is C18H29N5O. The Morgan fingerprint density at radius 1 is 1.33 bits per heavy atom. The van der Waals surface area contributed by atoms with E-state index in [9.17, 15) is 0 Å². The molecule has 3 rings (SSSR count). The Morgan fingerprint density at radius 3 is 2.67 bits per heavy atom. The lowest BCUT2D eigenvalue weighted by atomic mass is 9.91. The highest BCUT2D eigenvalue weighted by Gasteiger charge is 2.28. The zero-order valence-electron chi connectivity index (χ0n) is 15.2. The zero-order valence-corrected chi connectivity index (χ0v) is 15.2. The number of nitrogens with one attached hydrogen (secondary N) is 1. The molecule has 6 heteroatoms. The highest BCUT2D eigenvalue weighted by Crippen LogP contribution is 2.29. The van der Waals surface area contributed by atoms with Gasteiger partial charge >= 0.3 is 0 Å². The predicted octanol–water partition coefficient (Wildman–Crippen LogP) is 2.63. The first kappa shape index (κ1) is 17.2. The third kappa shape index (κ3) is 3.87. The minimum atomic E-state index is 0.0119. The van der Waals surface area contributed by atoms with Gasteiger partial charge in [0, 0.05) is 51.0 Å². The van der Waals surface area contributed by atoms with E-state index in [0.717, 1.165) is 38.4 Å². The van der Waals surface area contributed by atoms with Gasteiger partial charge in [0.15, 0.2) is 0 Å². The van der Waals surface area contributed by atoms with Crippen LogP contribution in [0, 0.1) is 5.92 Å². The van der Waals surface area contributed by atoms with Gasteiger partial charge in [0.2, 0.25) is 0 Å². The SMILES string of the molecule is Cn1ccnc1[C@H](NCc1cnn(C(C)(C)C)c1)C1CCOCC1. The zero-order chi connectivity index (χ0) is 17.2. The van der Waals surface area contributed by atoms with E-state index in [-0.39, 0.29) is 11.6 Å². The molecule has 0 unspecified atom stereocenters. The maximum atomic E-state index is 5.53. The Labute approximate surface area is 144 Å². The number of hydrogen-bond donors (Lipinski definition) is 1. The summed E-state index contributed by atoms with van der Waals surface area (Å²) in [7, 11) is 2.06. The van der Waals surface area contributed by atoms with Gasteiger partial charge in [0.05, 0.1) is 17.8 Å². The summed E-state index contributed by atoms with van der Waals surface area (Å²) in [6.45, 7) is 8.97. The van der Waals surface area contributed by atoms with E-state index >= 15 is 0 Å². The summed E-state index contributed by atoms with van der Waals surface area (Å²) in [4.78, 5) is 4.59. The maximum absolute atomic E-state index is 5.53. The molecule has 3 heterocycles. The lowest BCUT2D eigenvalue weighted by molar-refractivity contribution is 0.0518. The van der Waals surface area contributed by atoms with E-state index in [0.29, 0.717) is 5.92 Å². The van der Waals surface area contributed by atoms with Crippen LogP contribution in [0.25, 0.3) is 0 Å². The fraction of sp³-hybridized carbons (Fsp3) is 0.667. The molecule has 0 spiro atoms. The van der Waals surface area contributed by atoms with Gasteiger partial charge in [-0.3, -0.25) is 4.68 Å². The number of nitrogens with zero attached hydrogens (tertiary/aromatic N) is 4. The Kier molecular flexibility index (Phi) is 5.06. The molecule has 0 aliphatic carbocycles. The van der Waals surface area contributed by atoms with Gasteiger partial charge in [0.25, 0.3) is 0 Å². The Balaban J connectivity index is 1.72. The summed E-state index contributed by atoms with van der Waals surface area (Å²) >= 11 is 0. The van der Waals surface area contributed by atoms with Crippen LogP contribution in [-0.4, -0.2) is 32.5 Å². The summed E-state index contributed by atoms with van der Waals surface area (Å²) in [5.74, 6) is 1.66. The maximum Gasteiger partial charge on any atom is 0.125 e. The number of imidazole rings is 1. The van der Waals surface area contributed by atoms with Crippen molar-refractivity contribution < 1.29 is 4.74 Å². The van der Waals surface area contributed by atoms with E-state index in [1.165, 1.54) is 5.56 Å². The van der Waals surface area contributed by atoms with Crippen molar-refractivity contribution in [1.82, 2.24) is 24.6 Å². The van der Waals surface area contributed by atoms with Crippen LogP contribution in [-0.2, 0) is 23.9 Å². The van der Waals surface area contributed by atoms with Crippen LogP contribution in [0.2, 0.25) is 0 Å². The molecule has 0 bridgehead atoms. The van der Waals surface area contributed by atoms with Crippen molar-refractivity contribution in [3.05, 3.63) is 36.2 Å². The molecule has 0 amide bonds. The standard InChI is InChI=1S/C18H29N5O/c1-18(2,3)23-13-14(12-21-23)11-20-16(15-5-9-24-10-6-15)17-19-7-8-22(17)4/h7-8,12-13,15-16,20H,5-6,9-11H2,1-4H3/t16-/m1/s1. The van der Waals surface area contributed by atoms with Crippen molar-refractivity contribution >= 4 is 0 Å². The summed E-state index contributed by atoms with van der Waals surface area (Å²) in [6, 6.07) is 0.242. The first-order valence-corrected chi connectivity index (χ1v) is 8.77. The van der Waals surface area contributed by atoms with Crippen molar-refractivity contribution in [3.8, 4) is 0 Å². The quantitative estimate of drug-likeness (QED) is 0.915. The highest BCUT2D eigenvalue weighted by atomic mass is 16.5. The van der Waals surface area contributed by atoms with E-state index < -0.39 is 0 Å². The number of ether oxygens (including phenoxy) is 1. The minimum absolute atomic E-state index is 0.0119. The smallest absolute Gasteiger partial charge is 0.125 e. The Hall–Kier alpha value is -1.66. The van der Waals surface area contributed by atoms with E-state index in [1.54, 1.807) is 0 Å². The first-order chi connectivity index (χ1) is 11.4. The molecule has 1 aliphatic rings. The van der Waals surface area contributed by atoms with Crippen molar-refractivity contribution in [3.63, 3.8) is 0 Å². The molecule has 1 atom stereocenters. The summed E-state index contributed by atoms with van der Waals surface area (Å²) in [5.41, 5.74) is 1.22. The van der Waals surface area contributed by atoms with Crippen LogP contribution in [0.1, 0.15) is 51.0 Å². The molecule has 1 N–H and O–H groups in total. The molecular weight excluding hydrogens is 302 g/mol. The fourth-order valence-corrected chi connectivity index (χ4v) is 3.24. The Morgan fingerprint density at radius 2 is 2.08 bits per heavy atom. The lowest BCUT2D eigenvalue weighted by Crippen LogP contribution is -2.33. The van der Waals surface area contributed by atoms with E-state index in [1.807, 2.05) is 23.3 Å². The van der Waals surface area contributed by atoms with E-state index in [2.05, 4.69) is 54.0 Å². The van der Waals surface area contributed by atoms with Gasteiger partial charge in [-0.1, -0.05) is 0 Å². The van der Waals surface area contributed by atoms with E-state index in [4.69, 9.17) is 4.74 Å². The van der Waals surface area contributed by atoms with Gasteiger partial charge in [-0.25, -0.2) is 4.98 Å². The van der Waals surface area contributed by atoms with Crippen LogP contribution in [0.4, 0.5) is 0 Å². The van der Waals surface area contributed by atoms with Gasteiger partial charge in [0.1, 0.15) is 5.82 Å². The number of aromatic nitrogens is 4. The monoisotopic (exact) mass is 331 g/mol. The average Bonchev–Trinajstić information content (AvgIpc) is 3.18. The summed E-state index contributed by atoms with van der Waals surface area (Å²) < 4.78 is 9.67. The van der Waals surface area contributed by atoms with Crippen LogP contribution in [0.5, 0.6) is 0 Å². The first-order valence-electron chi connectivity index (χ1n) is 8.77. The number of aryl methyl sites for hydroxylation is 1. The summed E-state index contributed by atoms with van der Waals surface area (Å²) in [5, 5.41) is 8.22. The molecule has 132 valence electrons. The molecule has 0 saturated carbocycles. The summed E-state index contributed by atoms with van der Waals surface area (Å²) in [6.07, 6.45) is 10.1. The van der Waals surface area contributed by atoms with Gasteiger partial charge < -0.3 is 14.6 Å². The molecule has 1 saturated heterocycles. The lowest BCUT2D eigenvalue weighted by Gasteiger charge is -2.30. The normalized spacial score (nSPS) is 18.0. The second kappa shape index (κ2) is 7.07. The van der Waals surface area contributed by atoms with Crippen LogP contribution in [0.15, 0.2) is 24.8 Å². The molecule has 0 radical (unpaired) electrons. The minimum Gasteiger partial charge on any atom is -0.381 e. The fourth-order valence-electron chi connectivity index (χ4n) is 3.24. The van der Waals surface area contributed by atoms with Crippen LogP contribution >= 0.6 is 0 Å². The third-order valence-corrected chi connectivity index (χ3v) is 4.72. The largest absolute Gasteiger partial charge is 0.381 e. The third-order valence-electron chi connectivity index (χ3n) is 4.72. The van der Waals surface area contributed by atoms with Gasteiger partial charge in [-0.05, 0) is 39.5 Å². The van der Waals surface area contributed by atoms with Crippen molar-refractivity contribution in [2.24, 2.45) is 13.0 Å². The second-order valence-corrected chi connectivity index (χ2v) is 7.67. The average molecular weight is 331 g/mol. The molecule has 2 aromatic heterocycles. The van der Waals surface area contributed by atoms with Crippen molar-refractivity contribution in [2.45, 2.75) is 51.7 Å². The van der Waals surface area contributed by atoms with Crippen LogP contribution in [0.3, 0.4) is 0 Å². The molecule has 1 fully saturated rings. The second-order valence-electron chi connectivity index (χ2n) is 7.67. The molecule has 6 nitrogen and oxygen atoms in total. The van der Waals surface area contributed by atoms with Crippen molar-refractivity contribution in [2.75, 3.05) is 13.2 Å². The van der Waals surface area contributed by atoms with Crippen molar-refractivity contribution in [1.29, 1.82) is 0 Å².